The molecule has 20 heavy (non-hydrogen) atoms. The van der Waals surface area contributed by atoms with Gasteiger partial charge in [0.1, 0.15) is 5.75 Å². The van der Waals surface area contributed by atoms with Gasteiger partial charge in [-0.05, 0) is 49.8 Å². The molecule has 0 amide bonds. The average molecular weight is 404 g/mol. The molecular formula is C16H20Br2O2. The van der Waals surface area contributed by atoms with Crippen LogP contribution in [0.15, 0.2) is 16.6 Å². The first-order chi connectivity index (χ1) is 9.74. The second kappa shape index (κ2) is 6.80. The SMILES string of the molecule is Brc1cc2c(c(C(Br)CCC3CCCCO3)c1)OCC2. The molecule has 0 spiro atoms. The summed E-state index contributed by atoms with van der Waals surface area (Å²) in [6.45, 7) is 1.75. The summed E-state index contributed by atoms with van der Waals surface area (Å²) in [4.78, 5) is 0.345. The van der Waals surface area contributed by atoms with E-state index in [1.54, 1.807) is 0 Å². The first kappa shape index (κ1) is 14.9. The van der Waals surface area contributed by atoms with Gasteiger partial charge in [0.15, 0.2) is 0 Å². The minimum absolute atomic E-state index is 0.345. The summed E-state index contributed by atoms with van der Waals surface area (Å²) in [7, 11) is 0. The van der Waals surface area contributed by atoms with Gasteiger partial charge >= 0.3 is 0 Å². The van der Waals surface area contributed by atoms with E-state index < -0.39 is 0 Å². The Morgan fingerprint density at radius 2 is 2.15 bits per heavy atom. The highest BCUT2D eigenvalue weighted by Crippen LogP contribution is 2.41. The van der Waals surface area contributed by atoms with E-state index in [2.05, 4.69) is 44.0 Å². The third kappa shape index (κ3) is 3.40. The lowest BCUT2D eigenvalue weighted by Crippen LogP contribution is -2.19. The van der Waals surface area contributed by atoms with Crippen LogP contribution in [0.5, 0.6) is 5.75 Å². The van der Waals surface area contributed by atoms with Crippen LogP contribution in [0.2, 0.25) is 0 Å². The van der Waals surface area contributed by atoms with E-state index in [4.69, 9.17) is 9.47 Å². The number of benzene rings is 1. The number of rotatable bonds is 4. The van der Waals surface area contributed by atoms with E-state index in [0.717, 1.165) is 42.7 Å². The molecule has 0 bridgehead atoms. The van der Waals surface area contributed by atoms with Gasteiger partial charge in [-0.15, -0.1) is 0 Å². The Bertz CT molecular complexity index is 470. The van der Waals surface area contributed by atoms with E-state index in [1.807, 2.05) is 0 Å². The van der Waals surface area contributed by atoms with Crippen LogP contribution in [0, 0.1) is 0 Å². The van der Waals surface area contributed by atoms with E-state index in [0.29, 0.717) is 10.9 Å². The van der Waals surface area contributed by atoms with Crippen molar-refractivity contribution < 1.29 is 9.47 Å². The van der Waals surface area contributed by atoms with Gasteiger partial charge in [0.25, 0.3) is 0 Å². The van der Waals surface area contributed by atoms with Crippen LogP contribution in [-0.4, -0.2) is 19.3 Å². The topological polar surface area (TPSA) is 18.5 Å². The van der Waals surface area contributed by atoms with Gasteiger partial charge in [-0.1, -0.05) is 31.9 Å². The second-order valence-corrected chi connectivity index (χ2v) is 7.64. The fourth-order valence-electron chi connectivity index (χ4n) is 3.05. The van der Waals surface area contributed by atoms with Crippen molar-refractivity contribution >= 4 is 31.9 Å². The molecule has 110 valence electrons. The lowest BCUT2D eigenvalue weighted by Gasteiger charge is -2.24. The van der Waals surface area contributed by atoms with Gasteiger partial charge in [-0.25, -0.2) is 0 Å². The summed E-state index contributed by atoms with van der Waals surface area (Å²) >= 11 is 7.45. The Morgan fingerprint density at radius 3 is 2.95 bits per heavy atom. The largest absolute Gasteiger partial charge is 0.493 e. The zero-order valence-electron chi connectivity index (χ0n) is 11.5. The van der Waals surface area contributed by atoms with Gasteiger partial charge in [-0.3, -0.25) is 0 Å². The second-order valence-electron chi connectivity index (χ2n) is 5.62. The quantitative estimate of drug-likeness (QED) is 0.645. The van der Waals surface area contributed by atoms with Gasteiger partial charge in [0.2, 0.25) is 0 Å². The van der Waals surface area contributed by atoms with Crippen LogP contribution in [0.25, 0.3) is 0 Å². The Kier molecular flexibility index (Phi) is 5.05. The molecule has 2 unspecified atom stereocenters. The lowest BCUT2D eigenvalue weighted by atomic mass is 9.99. The number of hydrogen-bond acceptors (Lipinski definition) is 2. The van der Waals surface area contributed by atoms with Gasteiger partial charge in [-0.2, -0.15) is 0 Å². The maximum absolute atomic E-state index is 5.82. The Hall–Kier alpha value is -0.0600. The Labute approximate surface area is 137 Å². The highest BCUT2D eigenvalue weighted by Gasteiger charge is 2.23. The van der Waals surface area contributed by atoms with Gasteiger partial charge < -0.3 is 9.47 Å². The van der Waals surface area contributed by atoms with Crippen LogP contribution in [0.4, 0.5) is 0 Å². The standard InChI is InChI=1S/C16H20Br2O2/c17-12-9-11-6-8-20-16(11)14(10-12)15(18)5-4-13-3-1-2-7-19-13/h9-10,13,15H,1-8H2. The number of alkyl halides is 1. The molecular weight excluding hydrogens is 384 g/mol. The number of halogens is 2. The molecule has 0 radical (unpaired) electrons. The predicted molar refractivity (Wildman–Crippen MR) is 87.8 cm³/mol. The Morgan fingerprint density at radius 1 is 1.25 bits per heavy atom. The molecule has 0 N–H and O–H groups in total. The third-order valence-corrected chi connectivity index (χ3v) is 5.54. The number of fused-ring (bicyclic) bond motifs is 1. The van der Waals surface area contributed by atoms with Crippen LogP contribution in [-0.2, 0) is 11.2 Å². The lowest BCUT2D eigenvalue weighted by molar-refractivity contribution is 0.0101. The van der Waals surface area contributed by atoms with E-state index in [1.165, 1.54) is 30.4 Å². The maximum atomic E-state index is 5.82. The fraction of sp³-hybridized carbons (Fsp3) is 0.625. The van der Waals surface area contributed by atoms with Crippen molar-refractivity contribution in [1.29, 1.82) is 0 Å². The summed E-state index contributed by atoms with van der Waals surface area (Å²) in [5, 5.41) is 0. The summed E-state index contributed by atoms with van der Waals surface area (Å²) in [5.74, 6) is 1.10. The molecule has 2 nitrogen and oxygen atoms in total. The van der Waals surface area contributed by atoms with Crippen molar-refractivity contribution in [3.8, 4) is 5.75 Å². The average Bonchev–Trinajstić information content (AvgIpc) is 2.93. The molecule has 4 heteroatoms. The van der Waals surface area contributed by atoms with Crippen LogP contribution in [0.3, 0.4) is 0 Å². The molecule has 3 rings (SSSR count). The van der Waals surface area contributed by atoms with E-state index in [-0.39, 0.29) is 0 Å². The summed E-state index contributed by atoms with van der Waals surface area (Å²) in [6.07, 6.45) is 7.44. The molecule has 2 atom stereocenters. The summed E-state index contributed by atoms with van der Waals surface area (Å²) in [6, 6.07) is 4.36. The first-order valence-corrected chi connectivity index (χ1v) is 9.15. The van der Waals surface area contributed by atoms with Crippen molar-refractivity contribution in [3.05, 3.63) is 27.7 Å². The zero-order valence-corrected chi connectivity index (χ0v) is 14.7. The van der Waals surface area contributed by atoms with Crippen LogP contribution in [0.1, 0.15) is 48.1 Å². The van der Waals surface area contributed by atoms with Gasteiger partial charge in [0, 0.05) is 27.9 Å². The molecule has 1 fully saturated rings. The normalized spacial score (nSPS) is 23.2. The zero-order chi connectivity index (χ0) is 13.9. The number of ether oxygens (including phenoxy) is 2. The molecule has 2 aliphatic rings. The minimum atomic E-state index is 0.345. The summed E-state index contributed by atoms with van der Waals surface area (Å²) in [5.41, 5.74) is 2.61. The van der Waals surface area contributed by atoms with Crippen molar-refractivity contribution in [1.82, 2.24) is 0 Å². The van der Waals surface area contributed by atoms with Crippen molar-refractivity contribution in [2.75, 3.05) is 13.2 Å². The van der Waals surface area contributed by atoms with Gasteiger partial charge in [0.05, 0.1) is 12.7 Å². The molecule has 0 saturated carbocycles. The fourth-order valence-corrected chi connectivity index (χ4v) is 4.18. The maximum Gasteiger partial charge on any atom is 0.127 e. The highest BCUT2D eigenvalue weighted by atomic mass is 79.9. The first-order valence-electron chi connectivity index (χ1n) is 7.45. The number of hydrogen-bond donors (Lipinski definition) is 0. The van der Waals surface area contributed by atoms with E-state index >= 15 is 0 Å². The smallest absolute Gasteiger partial charge is 0.127 e. The molecule has 2 aliphatic heterocycles. The van der Waals surface area contributed by atoms with Crippen molar-refractivity contribution in [3.63, 3.8) is 0 Å². The van der Waals surface area contributed by atoms with Crippen molar-refractivity contribution in [2.45, 2.75) is 49.5 Å². The molecule has 2 heterocycles. The third-order valence-electron chi connectivity index (χ3n) is 4.13. The minimum Gasteiger partial charge on any atom is -0.493 e. The Balaban J connectivity index is 1.66. The monoisotopic (exact) mass is 402 g/mol. The van der Waals surface area contributed by atoms with Crippen molar-refractivity contribution in [2.24, 2.45) is 0 Å². The molecule has 0 aromatic heterocycles. The highest BCUT2D eigenvalue weighted by molar-refractivity contribution is 9.10. The van der Waals surface area contributed by atoms with Crippen LogP contribution < -0.4 is 4.74 Å². The molecule has 1 aromatic rings. The summed E-state index contributed by atoms with van der Waals surface area (Å²) < 4.78 is 12.8. The van der Waals surface area contributed by atoms with Crippen LogP contribution >= 0.6 is 31.9 Å². The molecule has 0 aliphatic carbocycles. The molecule has 1 aromatic carbocycles. The van der Waals surface area contributed by atoms with E-state index in [9.17, 15) is 0 Å². The predicted octanol–water partition coefficient (Wildman–Crippen LogP) is 5.17. The molecule has 1 saturated heterocycles.